The van der Waals surface area contributed by atoms with Crippen LogP contribution in [0.3, 0.4) is 0 Å². The lowest BCUT2D eigenvalue weighted by Gasteiger charge is -1.69. The number of hydrogen-bond donors (Lipinski definition) is 6. The van der Waals surface area contributed by atoms with Gasteiger partial charge in [0.25, 0.3) is 0 Å². The number of aliphatic hydroxyl groups is 1. The van der Waals surface area contributed by atoms with Gasteiger partial charge in [-0.3, -0.25) is 5.41 Å². The Kier molecular flexibility index (Phi) is 34.7. The molecule has 0 aromatic heterocycles. The van der Waals surface area contributed by atoms with Crippen molar-refractivity contribution in [3.63, 3.8) is 0 Å². The van der Waals surface area contributed by atoms with Gasteiger partial charge < -0.3 is 16.6 Å². The summed E-state index contributed by atoms with van der Waals surface area (Å²) < 4.78 is 0. The number of nitrogens with one attached hydrogen (secondary N) is 2. The Bertz CT molecular complexity index is 107. The Morgan fingerprint density at radius 3 is 1.73 bits per heavy atom. The van der Waals surface area contributed by atoms with Crippen LogP contribution >= 0.6 is 24.8 Å². The van der Waals surface area contributed by atoms with E-state index in [2.05, 4.69) is 36.3 Å². The normalized spacial score (nSPS) is 5.64. The minimum atomic E-state index is -0.333. The molecule has 0 saturated carbocycles. The van der Waals surface area contributed by atoms with Gasteiger partial charge in [0, 0.05) is 5.75 Å². The van der Waals surface area contributed by atoms with E-state index >= 15 is 0 Å². The summed E-state index contributed by atoms with van der Waals surface area (Å²) in [6.45, 7) is 0.184. The van der Waals surface area contributed by atoms with Crippen molar-refractivity contribution in [1.82, 2.24) is 0 Å². The van der Waals surface area contributed by atoms with Gasteiger partial charge in [-0.25, -0.2) is 5.41 Å². The topological polar surface area (TPSA) is 120 Å². The summed E-state index contributed by atoms with van der Waals surface area (Å²) in [4.78, 5) is 0. The van der Waals surface area contributed by atoms with E-state index in [4.69, 9.17) is 15.9 Å². The molecule has 7 N–H and O–H groups in total. The highest BCUT2D eigenvalue weighted by Gasteiger charge is 1.57. The summed E-state index contributed by atoms with van der Waals surface area (Å²) in [6.07, 6.45) is 0. The lowest BCUT2D eigenvalue weighted by atomic mass is 10.9. The van der Waals surface area contributed by atoms with Crippen LogP contribution in [0.5, 0.6) is 0 Å². The molecule has 0 amide bonds. The fourth-order valence-corrected chi connectivity index (χ4v) is 0. The van der Waals surface area contributed by atoms with Crippen molar-refractivity contribution < 1.29 is 5.11 Å². The van der Waals surface area contributed by atoms with Gasteiger partial charge in [0.05, 0.1) is 11.8 Å². The first-order valence-electron chi connectivity index (χ1n) is 2.41. The van der Waals surface area contributed by atoms with Gasteiger partial charge in [-0.1, -0.05) is 0 Å². The fraction of sp³-hybridized carbons (Fsp3) is 0.500. The highest BCUT2D eigenvalue weighted by atomic mass is 32.1. The van der Waals surface area contributed by atoms with Crippen molar-refractivity contribution in [3.8, 4) is 0 Å². The monoisotopic (exact) mass is 196 g/mol. The van der Waals surface area contributed by atoms with Crippen molar-refractivity contribution in [2.45, 2.75) is 0 Å². The highest BCUT2D eigenvalue weighted by molar-refractivity contribution is 7.80. The maximum atomic E-state index is 7.80. The standard InChI is InChI=1S/C2H6OS.CH5N3.CHNS/c3-1-2-4;2-1(3)4;2-1-3/h3-4H,1-2H2;(H5,2,3,4);2H. The number of thiocarbonyl (C=S) groups is 1. The van der Waals surface area contributed by atoms with Crippen LogP contribution in [0.2, 0.25) is 0 Å². The molecular formula is C4H12N4OS2. The Hall–Kier alpha value is -0.620. The first-order valence-corrected chi connectivity index (χ1v) is 3.45. The molecule has 0 spiro atoms. The number of rotatable bonds is 1. The SMILES string of the molecule is N=C(N)N.N=C=S.OCCS. The molecule has 5 nitrogen and oxygen atoms in total. The van der Waals surface area contributed by atoms with Gasteiger partial charge in [0.1, 0.15) is 0 Å². The van der Waals surface area contributed by atoms with E-state index in [1.165, 1.54) is 0 Å². The maximum Gasteiger partial charge on any atom is 0.183 e. The Morgan fingerprint density at radius 2 is 1.73 bits per heavy atom. The second kappa shape index (κ2) is 22.8. The number of aliphatic hydroxyl groups excluding tert-OH is 1. The molecule has 0 heterocycles. The zero-order valence-electron chi connectivity index (χ0n) is 5.87. The number of hydrogen-bond acceptors (Lipinski definition) is 5. The highest BCUT2D eigenvalue weighted by Crippen LogP contribution is 1.61. The molecular weight excluding hydrogens is 184 g/mol. The number of nitrogens with two attached hydrogens (primary N) is 2. The van der Waals surface area contributed by atoms with Crippen LogP contribution in [0.1, 0.15) is 0 Å². The van der Waals surface area contributed by atoms with Crippen LogP contribution in [-0.2, 0) is 0 Å². The van der Waals surface area contributed by atoms with E-state index in [9.17, 15) is 0 Å². The third kappa shape index (κ3) is 3540. The van der Waals surface area contributed by atoms with Crippen LogP contribution in [0.25, 0.3) is 0 Å². The summed E-state index contributed by atoms with van der Waals surface area (Å²) in [7, 11) is 0. The number of thiol groups is 1. The Morgan fingerprint density at radius 1 is 1.64 bits per heavy atom. The smallest absolute Gasteiger partial charge is 0.183 e. The minimum Gasteiger partial charge on any atom is -0.396 e. The molecule has 0 atom stereocenters. The molecule has 0 rings (SSSR count). The number of guanidine groups is 1. The van der Waals surface area contributed by atoms with Crippen LogP contribution in [0, 0.1) is 10.8 Å². The van der Waals surface area contributed by atoms with E-state index in [-0.39, 0.29) is 12.6 Å². The van der Waals surface area contributed by atoms with Crippen molar-refractivity contribution in [2.75, 3.05) is 12.4 Å². The zero-order valence-corrected chi connectivity index (χ0v) is 7.58. The van der Waals surface area contributed by atoms with Crippen molar-refractivity contribution in [2.24, 2.45) is 11.5 Å². The van der Waals surface area contributed by atoms with Gasteiger partial charge in [-0.05, 0) is 12.2 Å². The lowest BCUT2D eigenvalue weighted by Crippen LogP contribution is -2.20. The third-order valence-electron chi connectivity index (χ3n) is 0.1000. The summed E-state index contributed by atoms with van der Waals surface area (Å²) in [5.41, 5.74) is 8.94. The second-order valence-corrected chi connectivity index (χ2v) is 1.66. The average Bonchev–Trinajstić information content (AvgIpc) is 1.88. The molecule has 0 saturated heterocycles. The molecule has 0 aliphatic heterocycles. The first kappa shape index (κ1) is 16.8. The summed E-state index contributed by atoms with van der Waals surface area (Å²) >= 11 is 7.48. The van der Waals surface area contributed by atoms with Gasteiger partial charge in [-0.15, -0.1) is 0 Å². The molecule has 0 radical (unpaired) electrons. The van der Waals surface area contributed by atoms with Crippen molar-refractivity contribution in [3.05, 3.63) is 0 Å². The van der Waals surface area contributed by atoms with Gasteiger partial charge in [0.2, 0.25) is 0 Å². The number of isothiocyanates is 1. The molecule has 66 valence electrons. The summed E-state index contributed by atoms with van der Waals surface area (Å²) in [5, 5.41) is 21.2. The van der Waals surface area contributed by atoms with Gasteiger partial charge in [-0.2, -0.15) is 12.6 Å². The van der Waals surface area contributed by atoms with E-state index in [0.717, 1.165) is 0 Å². The Labute approximate surface area is 76.2 Å². The van der Waals surface area contributed by atoms with E-state index in [1.54, 1.807) is 5.16 Å². The second-order valence-electron chi connectivity index (χ2n) is 1.00. The zero-order chi connectivity index (χ0) is 9.70. The predicted octanol–water partition coefficient (Wildman–Crippen LogP) is -0.585. The molecule has 7 heteroatoms. The van der Waals surface area contributed by atoms with Crippen LogP contribution in [0.15, 0.2) is 0 Å². The van der Waals surface area contributed by atoms with Crippen LogP contribution in [-0.4, -0.2) is 28.6 Å². The molecule has 0 aliphatic rings. The fourth-order valence-electron chi connectivity index (χ4n) is 0. The maximum absolute atomic E-state index is 7.80. The van der Waals surface area contributed by atoms with Crippen molar-refractivity contribution in [1.29, 1.82) is 10.8 Å². The van der Waals surface area contributed by atoms with Crippen molar-refractivity contribution >= 4 is 36.0 Å². The lowest BCUT2D eigenvalue weighted by molar-refractivity contribution is 0.323. The quantitative estimate of drug-likeness (QED) is 0.145. The van der Waals surface area contributed by atoms with E-state index < -0.39 is 0 Å². The molecule has 0 aliphatic carbocycles. The molecule has 0 unspecified atom stereocenters. The van der Waals surface area contributed by atoms with Gasteiger partial charge in [0.15, 0.2) is 5.96 Å². The van der Waals surface area contributed by atoms with Crippen LogP contribution < -0.4 is 11.5 Å². The molecule has 0 fully saturated rings. The molecule has 0 aromatic rings. The largest absolute Gasteiger partial charge is 0.396 e. The van der Waals surface area contributed by atoms with Crippen LogP contribution in [0.4, 0.5) is 0 Å². The summed E-state index contributed by atoms with van der Waals surface area (Å²) in [5.74, 6) is 0.236. The first-order chi connectivity index (χ1) is 5.06. The summed E-state index contributed by atoms with van der Waals surface area (Å²) in [6, 6.07) is 0. The average molecular weight is 196 g/mol. The third-order valence-corrected chi connectivity index (χ3v) is 0.300. The van der Waals surface area contributed by atoms with E-state index in [0.29, 0.717) is 5.75 Å². The predicted molar refractivity (Wildman–Crippen MR) is 52.4 cm³/mol. The molecule has 0 aromatic carbocycles. The Balaban J connectivity index is -0.0000000886. The van der Waals surface area contributed by atoms with Gasteiger partial charge >= 0.3 is 0 Å². The molecule has 11 heavy (non-hydrogen) atoms. The minimum absolute atomic E-state index is 0.184. The van der Waals surface area contributed by atoms with E-state index in [1.807, 2.05) is 0 Å². The molecule has 0 bridgehead atoms.